The van der Waals surface area contributed by atoms with Gasteiger partial charge in [-0.1, -0.05) is 6.92 Å². The third-order valence-electron chi connectivity index (χ3n) is 3.47. The van der Waals surface area contributed by atoms with Crippen molar-refractivity contribution in [3.8, 4) is 0 Å². The quantitative estimate of drug-likeness (QED) is 0.618. The topological polar surface area (TPSA) is 68.4 Å². The minimum atomic E-state index is -4.71. The van der Waals surface area contributed by atoms with Gasteiger partial charge in [0.15, 0.2) is 0 Å². The summed E-state index contributed by atoms with van der Waals surface area (Å²) in [5.74, 6) is -1.85. The molecule has 0 saturated carbocycles. The summed E-state index contributed by atoms with van der Waals surface area (Å²) in [6.45, 7) is 2.10. The van der Waals surface area contributed by atoms with E-state index in [1.54, 1.807) is 0 Å². The van der Waals surface area contributed by atoms with E-state index >= 15 is 0 Å². The van der Waals surface area contributed by atoms with Gasteiger partial charge in [0.1, 0.15) is 5.82 Å². The summed E-state index contributed by atoms with van der Waals surface area (Å²) >= 11 is 0. The Morgan fingerprint density at radius 3 is 2.43 bits per heavy atom. The van der Waals surface area contributed by atoms with Crippen LogP contribution in [-0.4, -0.2) is 30.6 Å². The van der Waals surface area contributed by atoms with Gasteiger partial charge in [-0.3, -0.25) is 4.79 Å². The summed E-state index contributed by atoms with van der Waals surface area (Å²) < 4.78 is 51.5. The Morgan fingerprint density at radius 2 is 1.87 bits per heavy atom. The van der Waals surface area contributed by atoms with Crippen molar-refractivity contribution in [2.45, 2.75) is 19.3 Å². The second-order valence-corrected chi connectivity index (χ2v) is 5.41. The molecule has 0 aromatic heterocycles. The molecule has 128 valence electrons. The predicted molar refractivity (Wildman–Crippen MR) is 73.9 cm³/mol. The second-order valence-electron chi connectivity index (χ2n) is 5.41. The average molecular weight is 335 g/mol. The van der Waals surface area contributed by atoms with Crippen molar-refractivity contribution in [2.24, 2.45) is 5.92 Å². The van der Waals surface area contributed by atoms with Gasteiger partial charge in [-0.15, -0.1) is 0 Å². The molecule has 1 saturated heterocycles. The number of hydrazine groups is 3. The van der Waals surface area contributed by atoms with Crippen LogP contribution in [0.15, 0.2) is 18.2 Å². The molecule has 1 aliphatic heterocycles. The van der Waals surface area contributed by atoms with Gasteiger partial charge in [0.2, 0.25) is 0 Å². The highest BCUT2D eigenvalue weighted by Gasteiger charge is 2.32. The van der Waals surface area contributed by atoms with Crippen molar-refractivity contribution in [1.29, 1.82) is 0 Å². The minimum absolute atomic E-state index is 0.0675. The van der Waals surface area contributed by atoms with Gasteiger partial charge in [0, 0.05) is 25.1 Å². The molecule has 10 heteroatoms. The SMILES string of the molecule is CC(CN(C)C(=O)c1cc(F)cc(C(F)(F)F)c1)C1NNNN1. The van der Waals surface area contributed by atoms with Gasteiger partial charge in [0.05, 0.1) is 11.7 Å². The number of alkyl halides is 3. The minimum Gasteiger partial charge on any atom is -0.341 e. The summed E-state index contributed by atoms with van der Waals surface area (Å²) in [6, 6.07) is 1.82. The standard InChI is InChI=1S/C13H17F4N5O/c1-7(11-18-20-21-19-11)6-22(2)12(23)8-3-9(13(15,16)17)5-10(14)4-8/h3-5,7,11,18-21H,6H2,1-2H3. The highest BCUT2D eigenvalue weighted by atomic mass is 19.4. The fourth-order valence-electron chi connectivity index (χ4n) is 2.27. The number of carbonyl (C=O) groups is 1. The Morgan fingerprint density at radius 1 is 1.26 bits per heavy atom. The highest BCUT2D eigenvalue weighted by molar-refractivity contribution is 5.94. The van der Waals surface area contributed by atoms with Gasteiger partial charge in [0.25, 0.3) is 5.91 Å². The van der Waals surface area contributed by atoms with Gasteiger partial charge in [-0.05, 0) is 18.2 Å². The molecule has 1 aromatic rings. The van der Waals surface area contributed by atoms with Crippen LogP contribution in [0, 0.1) is 11.7 Å². The number of hydrogen-bond acceptors (Lipinski definition) is 5. The van der Waals surface area contributed by atoms with Crippen LogP contribution in [-0.2, 0) is 6.18 Å². The van der Waals surface area contributed by atoms with Crippen LogP contribution in [0.2, 0.25) is 0 Å². The molecule has 0 radical (unpaired) electrons. The van der Waals surface area contributed by atoms with E-state index in [2.05, 4.69) is 21.9 Å². The zero-order valence-corrected chi connectivity index (χ0v) is 12.5. The van der Waals surface area contributed by atoms with E-state index in [0.717, 1.165) is 6.07 Å². The van der Waals surface area contributed by atoms with E-state index in [1.165, 1.54) is 11.9 Å². The molecule has 1 aromatic carbocycles. The summed E-state index contributed by atoms with van der Waals surface area (Å²) in [6.07, 6.45) is -4.89. The Kier molecular flexibility index (Phi) is 5.19. The molecule has 23 heavy (non-hydrogen) atoms. The Balaban J connectivity index is 2.11. The van der Waals surface area contributed by atoms with Crippen LogP contribution < -0.4 is 21.9 Å². The summed E-state index contributed by atoms with van der Waals surface area (Å²) in [7, 11) is 1.45. The van der Waals surface area contributed by atoms with Crippen molar-refractivity contribution < 1.29 is 22.4 Å². The van der Waals surface area contributed by atoms with E-state index < -0.39 is 23.5 Å². The van der Waals surface area contributed by atoms with Gasteiger partial charge in [-0.2, -0.15) is 24.2 Å². The lowest BCUT2D eigenvalue weighted by Gasteiger charge is -2.25. The third kappa shape index (κ3) is 4.38. The van der Waals surface area contributed by atoms with Crippen molar-refractivity contribution in [3.05, 3.63) is 35.1 Å². The molecule has 1 fully saturated rings. The lowest BCUT2D eigenvalue weighted by atomic mass is 10.1. The fourth-order valence-corrected chi connectivity index (χ4v) is 2.27. The molecule has 1 unspecified atom stereocenters. The molecule has 1 aliphatic rings. The number of rotatable bonds is 4. The Hall–Kier alpha value is -1.75. The predicted octanol–water partition coefficient (Wildman–Crippen LogP) is 0.996. The first-order chi connectivity index (χ1) is 10.7. The first kappa shape index (κ1) is 17.6. The molecule has 1 heterocycles. The van der Waals surface area contributed by atoms with Gasteiger partial charge >= 0.3 is 6.18 Å². The molecular weight excluding hydrogens is 318 g/mol. The second kappa shape index (κ2) is 6.79. The smallest absolute Gasteiger partial charge is 0.341 e. The van der Waals surface area contributed by atoms with E-state index in [0.29, 0.717) is 12.1 Å². The van der Waals surface area contributed by atoms with E-state index in [4.69, 9.17) is 0 Å². The normalized spacial score (nSPS) is 17.3. The number of carbonyl (C=O) groups excluding carboxylic acids is 1. The molecule has 0 bridgehead atoms. The maximum absolute atomic E-state index is 13.4. The Bertz CT molecular complexity index is 574. The van der Waals surface area contributed by atoms with Crippen LogP contribution in [0.3, 0.4) is 0 Å². The zero-order valence-electron chi connectivity index (χ0n) is 12.5. The molecule has 2 rings (SSSR count). The Labute approximate surface area is 130 Å². The average Bonchev–Trinajstić information content (AvgIpc) is 2.99. The number of halogens is 4. The summed E-state index contributed by atoms with van der Waals surface area (Å²) in [5.41, 5.74) is 9.46. The molecular formula is C13H17F4N5O. The number of benzene rings is 1. The van der Waals surface area contributed by atoms with Crippen LogP contribution in [0.4, 0.5) is 17.6 Å². The van der Waals surface area contributed by atoms with Crippen LogP contribution >= 0.6 is 0 Å². The first-order valence-corrected chi connectivity index (χ1v) is 6.83. The van der Waals surface area contributed by atoms with E-state index in [1.807, 2.05) is 6.92 Å². The molecule has 4 N–H and O–H groups in total. The highest BCUT2D eigenvalue weighted by Crippen LogP contribution is 2.30. The number of nitrogens with zero attached hydrogens (tertiary/aromatic N) is 1. The van der Waals surface area contributed by atoms with Gasteiger partial charge in [-0.25, -0.2) is 15.2 Å². The van der Waals surface area contributed by atoms with E-state index in [-0.39, 0.29) is 24.2 Å². The van der Waals surface area contributed by atoms with Crippen molar-refractivity contribution >= 4 is 5.91 Å². The van der Waals surface area contributed by atoms with Crippen molar-refractivity contribution in [2.75, 3.05) is 13.6 Å². The number of amides is 1. The van der Waals surface area contributed by atoms with E-state index in [9.17, 15) is 22.4 Å². The third-order valence-corrected chi connectivity index (χ3v) is 3.47. The van der Waals surface area contributed by atoms with Gasteiger partial charge < -0.3 is 4.90 Å². The monoisotopic (exact) mass is 335 g/mol. The summed E-state index contributed by atoms with van der Waals surface area (Å²) in [4.78, 5) is 13.5. The van der Waals surface area contributed by atoms with Crippen LogP contribution in [0.1, 0.15) is 22.8 Å². The maximum atomic E-state index is 13.4. The molecule has 1 amide bonds. The molecule has 6 nitrogen and oxygen atoms in total. The fraction of sp³-hybridized carbons (Fsp3) is 0.462. The van der Waals surface area contributed by atoms with Crippen LogP contribution in [0.5, 0.6) is 0 Å². The largest absolute Gasteiger partial charge is 0.416 e. The van der Waals surface area contributed by atoms with Crippen molar-refractivity contribution in [3.63, 3.8) is 0 Å². The van der Waals surface area contributed by atoms with Crippen LogP contribution in [0.25, 0.3) is 0 Å². The maximum Gasteiger partial charge on any atom is 0.416 e. The molecule has 0 aliphatic carbocycles. The lowest BCUT2D eigenvalue weighted by molar-refractivity contribution is -0.137. The lowest BCUT2D eigenvalue weighted by Crippen LogP contribution is -2.45. The first-order valence-electron chi connectivity index (χ1n) is 6.83. The molecule has 1 atom stereocenters. The molecule has 0 spiro atoms. The number of hydrogen-bond donors (Lipinski definition) is 4. The zero-order chi connectivity index (χ0) is 17.2. The summed E-state index contributed by atoms with van der Waals surface area (Å²) in [5, 5.41) is 0. The van der Waals surface area contributed by atoms with Crippen molar-refractivity contribution in [1.82, 2.24) is 26.8 Å². The number of nitrogens with one attached hydrogen (secondary N) is 4.